The summed E-state index contributed by atoms with van der Waals surface area (Å²) in [6, 6.07) is 3.59. The summed E-state index contributed by atoms with van der Waals surface area (Å²) in [5.74, 6) is 0.592. The van der Waals surface area contributed by atoms with E-state index in [9.17, 15) is 9.59 Å². The van der Waals surface area contributed by atoms with Gasteiger partial charge in [0, 0.05) is 38.0 Å². The van der Waals surface area contributed by atoms with Gasteiger partial charge in [0.15, 0.2) is 0 Å². The fourth-order valence-corrected chi connectivity index (χ4v) is 2.49. The number of carbonyl (C=O) groups excluding carboxylic acids is 1. The third kappa shape index (κ3) is 3.12. The van der Waals surface area contributed by atoms with Crippen molar-refractivity contribution in [2.45, 2.75) is 6.04 Å². The summed E-state index contributed by atoms with van der Waals surface area (Å²) < 4.78 is 0. The van der Waals surface area contributed by atoms with Gasteiger partial charge in [0.2, 0.25) is 5.91 Å². The second kappa shape index (κ2) is 6.53. The van der Waals surface area contributed by atoms with E-state index < -0.39 is 0 Å². The first-order valence-electron chi connectivity index (χ1n) is 7.51. The van der Waals surface area contributed by atoms with E-state index in [2.05, 4.69) is 32.2 Å². The van der Waals surface area contributed by atoms with Gasteiger partial charge in [-0.15, -0.1) is 0 Å². The minimum atomic E-state index is -0.213. The van der Waals surface area contributed by atoms with Crippen LogP contribution in [0.2, 0.25) is 0 Å². The van der Waals surface area contributed by atoms with Gasteiger partial charge < -0.3 is 20.5 Å². The van der Waals surface area contributed by atoms with Gasteiger partial charge >= 0.3 is 0 Å². The Morgan fingerprint density at radius 2 is 2.21 bits per heavy atom. The van der Waals surface area contributed by atoms with Gasteiger partial charge in [-0.05, 0) is 12.1 Å². The van der Waals surface area contributed by atoms with Crippen LogP contribution in [0.15, 0.2) is 42.1 Å². The maximum Gasteiger partial charge on any atom is 0.271 e. The molecule has 0 unspecified atom stereocenters. The van der Waals surface area contributed by atoms with E-state index in [1.807, 2.05) is 0 Å². The minimum Gasteiger partial charge on any atom is -0.374 e. The van der Waals surface area contributed by atoms with Crippen molar-refractivity contribution in [1.29, 1.82) is 0 Å². The largest absolute Gasteiger partial charge is 0.374 e. The Labute approximate surface area is 138 Å². The van der Waals surface area contributed by atoms with Gasteiger partial charge in [0.25, 0.3) is 5.56 Å². The summed E-state index contributed by atoms with van der Waals surface area (Å²) in [7, 11) is 1.78. The van der Waals surface area contributed by atoms with Crippen molar-refractivity contribution < 1.29 is 4.79 Å². The second-order valence-electron chi connectivity index (χ2n) is 5.46. The van der Waals surface area contributed by atoms with Gasteiger partial charge in [-0.3, -0.25) is 9.59 Å². The lowest BCUT2D eigenvalue weighted by Crippen LogP contribution is -2.56. The molecule has 124 valence electrons. The highest BCUT2D eigenvalue weighted by Gasteiger charge is 2.29. The number of likely N-dealkylation sites (tertiary alicyclic amines) is 1. The quantitative estimate of drug-likeness (QED) is 0.698. The predicted molar refractivity (Wildman–Crippen MR) is 91.8 cm³/mol. The molecule has 3 heterocycles. The van der Waals surface area contributed by atoms with Crippen molar-refractivity contribution in [2.75, 3.05) is 30.8 Å². The van der Waals surface area contributed by atoms with Crippen molar-refractivity contribution >= 4 is 17.4 Å². The lowest BCUT2D eigenvalue weighted by Gasteiger charge is -2.39. The third-order valence-corrected chi connectivity index (χ3v) is 3.85. The van der Waals surface area contributed by atoms with Crippen LogP contribution in [0, 0.1) is 0 Å². The van der Waals surface area contributed by atoms with Crippen molar-refractivity contribution in [3.63, 3.8) is 0 Å². The second-order valence-corrected chi connectivity index (χ2v) is 5.46. The highest BCUT2D eigenvalue weighted by Crippen LogP contribution is 2.20. The first-order valence-corrected chi connectivity index (χ1v) is 7.51. The predicted octanol–water partition coefficient (Wildman–Crippen LogP) is 0.682. The Hall–Kier alpha value is -3.16. The smallest absolute Gasteiger partial charge is 0.271 e. The van der Waals surface area contributed by atoms with Gasteiger partial charge in [0.1, 0.15) is 17.8 Å². The number of rotatable bonds is 5. The standard InChI is InChI=1S/C16H18N6O2/c1-3-15(23)22-7-11(8-22)21-13-4-10(6-18-16(13)24)12-5-14(17-2)20-9-19-12/h3-6,9,11,21H,1,7-8H2,2H3,(H,18,24)(H,17,19,20). The van der Waals surface area contributed by atoms with Crippen LogP contribution in [0.5, 0.6) is 0 Å². The summed E-state index contributed by atoms with van der Waals surface area (Å²) in [5.41, 5.74) is 1.71. The molecule has 2 aromatic heterocycles. The summed E-state index contributed by atoms with van der Waals surface area (Å²) in [4.78, 5) is 36.1. The number of aromatic amines is 1. The SMILES string of the molecule is C=CC(=O)N1CC(Nc2cc(-c3cc(NC)ncn3)c[nH]c2=O)C1. The molecule has 0 atom stereocenters. The fraction of sp³-hybridized carbons (Fsp3) is 0.250. The molecule has 1 amide bonds. The third-order valence-electron chi connectivity index (χ3n) is 3.85. The van der Waals surface area contributed by atoms with Gasteiger partial charge in [-0.2, -0.15) is 0 Å². The Morgan fingerprint density at radius 3 is 2.92 bits per heavy atom. The molecule has 1 saturated heterocycles. The summed E-state index contributed by atoms with van der Waals surface area (Å²) in [5, 5.41) is 6.11. The van der Waals surface area contributed by atoms with Crippen molar-refractivity contribution in [3.8, 4) is 11.3 Å². The molecule has 1 fully saturated rings. The number of anilines is 2. The van der Waals surface area contributed by atoms with E-state index in [0.717, 1.165) is 5.56 Å². The van der Waals surface area contributed by atoms with Crippen LogP contribution in [0.3, 0.4) is 0 Å². The summed E-state index contributed by atoms with van der Waals surface area (Å²) in [6.45, 7) is 4.56. The Bertz CT molecular complexity index is 825. The average molecular weight is 326 g/mol. The zero-order chi connectivity index (χ0) is 17.1. The molecule has 0 aliphatic carbocycles. The van der Waals surface area contributed by atoms with Crippen LogP contribution in [0.25, 0.3) is 11.3 Å². The van der Waals surface area contributed by atoms with Crippen LogP contribution < -0.4 is 16.2 Å². The highest BCUT2D eigenvalue weighted by atomic mass is 16.2. The molecule has 0 saturated carbocycles. The number of nitrogens with zero attached hydrogens (tertiary/aromatic N) is 3. The number of hydrogen-bond donors (Lipinski definition) is 3. The molecule has 24 heavy (non-hydrogen) atoms. The van der Waals surface area contributed by atoms with Crippen LogP contribution in [0.1, 0.15) is 0 Å². The van der Waals surface area contributed by atoms with Crippen LogP contribution in [-0.4, -0.2) is 51.9 Å². The number of nitrogens with one attached hydrogen (secondary N) is 3. The topological polar surface area (TPSA) is 103 Å². The van der Waals surface area contributed by atoms with E-state index in [1.165, 1.54) is 12.4 Å². The van der Waals surface area contributed by atoms with Gasteiger partial charge in [0.05, 0.1) is 11.7 Å². The van der Waals surface area contributed by atoms with E-state index in [1.54, 1.807) is 30.3 Å². The maximum absolute atomic E-state index is 12.0. The molecule has 1 aliphatic heterocycles. The van der Waals surface area contributed by atoms with Gasteiger partial charge in [-0.1, -0.05) is 6.58 Å². The monoisotopic (exact) mass is 326 g/mol. The van der Waals surface area contributed by atoms with Crippen molar-refractivity contribution in [3.05, 3.63) is 47.7 Å². The summed E-state index contributed by atoms with van der Waals surface area (Å²) >= 11 is 0. The minimum absolute atomic E-state index is 0.0449. The molecule has 0 bridgehead atoms. The molecule has 8 nitrogen and oxygen atoms in total. The van der Waals surface area contributed by atoms with Gasteiger partial charge in [-0.25, -0.2) is 9.97 Å². The number of H-pyrrole nitrogens is 1. The molecule has 0 spiro atoms. The number of carbonyl (C=O) groups is 1. The first kappa shape index (κ1) is 15.7. The lowest BCUT2D eigenvalue weighted by atomic mass is 10.1. The fourth-order valence-electron chi connectivity index (χ4n) is 2.49. The van der Waals surface area contributed by atoms with Crippen LogP contribution in [-0.2, 0) is 4.79 Å². The Balaban J connectivity index is 1.76. The molecule has 1 aliphatic rings. The number of hydrogen-bond acceptors (Lipinski definition) is 6. The number of amides is 1. The van der Waals surface area contributed by atoms with E-state index in [0.29, 0.717) is 30.3 Å². The molecule has 0 radical (unpaired) electrons. The normalized spacial score (nSPS) is 14.0. The molecule has 8 heteroatoms. The summed E-state index contributed by atoms with van der Waals surface area (Å²) in [6.07, 6.45) is 4.37. The van der Waals surface area contributed by atoms with E-state index >= 15 is 0 Å². The van der Waals surface area contributed by atoms with Crippen molar-refractivity contribution in [2.24, 2.45) is 0 Å². The zero-order valence-corrected chi connectivity index (χ0v) is 13.2. The van der Waals surface area contributed by atoms with E-state index in [4.69, 9.17) is 0 Å². The average Bonchev–Trinajstić information content (AvgIpc) is 2.58. The Kier molecular flexibility index (Phi) is 4.28. The van der Waals surface area contributed by atoms with E-state index in [-0.39, 0.29) is 17.5 Å². The van der Waals surface area contributed by atoms with Crippen molar-refractivity contribution in [1.82, 2.24) is 19.9 Å². The molecule has 0 aromatic carbocycles. The van der Waals surface area contributed by atoms with Crippen LogP contribution >= 0.6 is 0 Å². The highest BCUT2D eigenvalue weighted by molar-refractivity contribution is 5.87. The number of pyridine rings is 1. The first-order chi connectivity index (χ1) is 11.6. The molecular formula is C16H18N6O2. The molecule has 3 rings (SSSR count). The Morgan fingerprint density at radius 1 is 1.42 bits per heavy atom. The lowest BCUT2D eigenvalue weighted by molar-refractivity contribution is -0.129. The zero-order valence-electron chi connectivity index (χ0n) is 13.2. The molecule has 3 N–H and O–H groups in total. The molecule has 2 aromatic rings. The molecular weight excluding hydrogens is 308 g/mol. The maximum atomic E-state index is 12.0. The number of aromatic nitrogens is 3. The van der Waals surface area contributed by atoms with Crippen LogP contribution in [0.4, 0.5) is 11.5 Å².